The molecule has 1 amide bonds. The van der Waals surface area contributed by atoms with Crippen molar-refractivity contribution in [2.45, 2.75) is 39.0 Å². The van der Waals surface area contributed by atoms with Crippen LogP contribution in [0.2, 0.25) is 0 Å². The number of carbonyl (C=O) groups excluding carboxylic acids is 1. The molecule has 0 aromatic rings. The Bertz CT molecular complexity index is 214. The molecule has 104 valence electrons. The number of piperazine rings is 1. The molecule has 1 saturated carbocycles. The Morgan fingerprint density at radius 1 is 1.11 bits per heavy atom. The van der Waals surface area contributed by atoms with Gasteiger partial charge < -0.3 is 9.80 Å². The summed E-state index contributed by atoms with van der Waals surface area (Å²) in [6.07, 6.45) is 16.4. The van der Waals surface area contributed by atoms with Crippen molar-refractivity contribution in [2.24, 2.45) is 5.92 Å². The number of amides is 1. The van der Waals surface area contributed by atoms with Crippen LogP contribution < -0.4 is 0 Å². The molecule has 2 aliphatic rings. The molecule has 0 atom stereocenters. The quantitative estimate of drug-likeness (QED) is 0.556. The third kappa shape index (κ3) is 7.34. The first-order valence-electron chi connectivity index (χ1n) is 6.97. The molecule has 0 aromatic heterocycles. The molecular formula is C15H28N2O. The Morgan fingerprint density at radius 3 is 1.94 bits per heavy atom. The number of likely N-dealkylation sites (N-methyl/N-ethyl adjacent to an activating group) is 1. The van der Waals surface area contributed by atoms with Gasteiger partial charge >= 0.3 is 0 Å². The van der Waals surface area contributed by atoms with Crippen molar-refractivity contribution in [1.29, 1.82) is 0 Å². The lowest BCUT2D eigenvalue weighted by Crippen LogP contribution is -2.43. The lowest BCUT2D eigenvalue weighted by atomic mass is 10.1. The minimum absolute atomic E-state index is 0.889. The predicted octanol–water partition coefficient (Wildman–Crippen LogP) is 2.23. The van der Waals surface area contributed by atoms with Crippen molar-refractivity contribution in [3.63, 3.8) is 0 Å². The van der Waals surface area contributed by atoms with E-state index in [0.29, 0.717) is 0 Å². The van der Waals surface area contributed by atoms with E-state index < -0.39 is 0 Å². The van der Waals surface area contributed by atoms with E-state index >= 15 is 0 Å². The van der Waals surface area contributed by atoms with Crippen LogP contribution >= 0.6 is 0 Å². The standard InChI is InChI=1S/C7H14.C6H12N2O.C2H2/c1-2-7-5-3-4-6-7;1-7-2-4-8(6-9)5-3-7;1-2/h7H,2-6H2,1H3;6H,2-5H2,1H3;1-2H. The molecule has 18 heavy (non-hydrogen) atoms. The molecule has 1 aliphatic heterocycles. The van der Waals surface area contributed by atoms with Crippen molar-refractivity contribution >= 4 is 6.41 Å². The van der Waals surface area contributed by atoms with Crippen molar-refractivity contribution in [2.75, 3.05) is 33.2 Å². The third-order valence-corrected chi connectivity index (χ3v) is 3.74. The lowest BCUT2D eigenvalue weighted by Gasteiger charge is -2.29. The molecule has 3 nitrogen and oxygen atoms in total. The fraction of sp³-hybridized carbons (Fsp3) is 0.800. The summed E-state index contributed by atoms with van der Waals surface area (Å²) >= 11 is 0. The lowest BCUT2D eigenvalue weighted by molar-refractivity contribution is -0.119. The summed E-state index contributed by atoms with van der Waals surface area (Å²) < 4.78 is 0. The normalized spacial score (nSPS) is 20.3. The molecule has 0 bridgehead atoms. The van der Waals surface area contributed by atoms with Crippen LogP contribution in [-0.4, -0.2) is 49.4 Å². The molecule has 2 fully saturated rings. The molecule has 1 aliphatic carbocycles. The van der Waals surface area contributed by atoms with Crippen molar-refractivity contribution in [3.05, 3.63) is 0 Å². The third-order valence-electron chi connectivity index (χ3n) is 3.74. The molecule has 1 saturated heterocycles. The smallest absolute Gasteiger partial charge is 0.209 e. The molecule has 0 N–H and O–H groups in total. The van der Waals surface area contributed by atoms with Crippen LogP contribution in [0.1, 0.15) is 39.0 Å². The second-order valence-electron chi connectivity index (χ2n) is 5.00. The maximum Gasteiger partial charge on any atom is 0.209 e. The van der Waals surface area contributed by atoms with Gasteiger partial charge in [-0.05, 0) is 13.0 Å². The number of carbonyl (C=O) groups is 1. The fourth-order valence-electron chi connectivity index (χ4n) is 2.35. The molecule has 0 spiro atoms. The van der Waals surface area contributed by atoms with Crippen LogP contribution in [-0.2, 0) is 4.79 Å². The summed E-state index contributed by atoms with van der Waals surface area (Å²) in [6.45, 7) is 6.10. The zero-order valence-electron chi connectivity index (χ0n) is 12.0. The van der Waals surface area contributed by atoms with Crippen LogP contribution in [0.4, 0.5) is 0 Å². The molecule has 1 heterocycles. The van der Waals surface area contributed by atoms with Crippen LogP contribution in [0.15, 0.2) is 0 Å². The van der Waals surface area contributed by atoms with E-state index in [2.05, 4.69) is 31.7 Å². The Balaban J connectivity index is 0.000000289. The summed E-state index contributed by atoms with van der Waals surface area (Å²) in [5.41, 5.74) is 0. The average molecular weight is 252 g/mol. The first-order valence-corrected chi connectivity index (χ1v) is 6.97. The number of rotatable bonds is 2. The first kappa shape index (κ1) is 17.0. The van der Waals surface area contributed by atoms with Gasteiger partial charge in [-0.1, -0.05) is 39.0 Å². The zero-order chi connectivity index (χ0) is 13.8. The Labute approximate surface area is 113 Å². The topological polar surface area (TPSA) is 23.6 Å². The van der Waals surface area contributed by atoms with Gasteiger partial charge in [0.25, 0.3) is 0 Å². The minimum atomic E-state index is 0.889. The van der Waals surface area contributed by atoms with Gasteiger partial charge in [0.2, 0.25) is 6.41 Å². The number of hydrogen-bond donors (Lipinski definition) is 0. The molecule has 0 unspecified atom stereocenters. The number of terminal acetylenes is 1. The summed E-state index contributed by atoms with van der Waals surface area (Å²) in [4.78, 5) is 14.2. The maximum absolute atomic E-state index is 10.2. The fourth-order valence-corrected chi connectivity index (χ4v) is 2.35. The van der Waals surface area contributed by atoms with Crippen LogP contribution in [0.3, 0.4) is 0 Å². The highest BCUT2D eigenvalue weighted by atomic mass is 16.1. The summed E-state index contributed by atoms with van der Waals surface area (Å²) in [5, 5.41) is 0. The van der Waals surface area contributed by atoms with Gasteiger partial charge in [-0.3, -0.25) is 4.79 Å². The van der Waals surface area contributed by atoms with Crippen molar-refractivity contribution < 1.29 is 4.79 Å². The molecular weight excluding hydrogens is 224 g/mol. The van der Waals surface area contributed by atoms with E-state index in [-0.39, 0.29) is 0 Å². The number of hydrogen-bond acceptors (Lipinski definition) is 2. The second-order valence-corrected chi connectivity index (χ2v) is 5.00. The first-order chi connectivity index (χ1) is 8.76. The van der Waals surface area contributed by atoms with E-state index in [9.17, 15) is 4.79 Å². The molecule has 3 heteroatoms. The van der Waals surface area contributed by atoms with Gasteiger partial charge in [-0.25, -0.2) is 0 Å². The number of nitrogens with zero attached hydrogens (tertiary/aromatic N) is 2. The van der Waals surface area contributed by atoms with Gasteiger partial charge in [-0.15, -0.1) is 12.8 Å². The zero-order valence-corrected chi connectivity index (χ0v) is 12.0. The van der Waals surface area contributed by atoms with E-state index in [1.807, 2.05) is 0 Å². The average Bonchev–Trinajstić information content (AvgIpc) is 2.96. The summed E-state index contributed by atoms with van der Waals surface area (Å²) in [7, 11) is 2.07. The van der Waals surface area contributed by atoms with Gasteiger partial charge in [0.05, 0.1) is 0 Å². The SMILES string of the molecule is C#C.CCC1CCCC1.CN1CCN(C=O)CC1. The Morgan fingerprint density at radius 2 is 1.61 bits per heavy atom. The second kappa shape index (κ2) is 11.1. The van der Waals surface area contributed by atoms with Gasteiger partial charge in [0.15, 0.2) is 0 Å². The van der Waals surface area contributed by atoms with Gasteiger partial charge in [0.1, 0.15) is 0 Å². The van der Waals surface area contributed by atoms with Crippen LogP contribution in [0.25, 0.3) is 0 Å². The van der Waals surface area contributed by atoms with Gasteiger partial charge in [-0.2, -0.15) is 0 Å². The van der Waals surface area contributed by atoms with Crippen LogP contribution in [0, 0.1) is 18.8 Å². The predicted molar refractivity (Wildman–Crippen MR) is 77.3 cm³/mol. The Hall–Kier alpha value is -1.01. The van der Waals surface area contributed by atoms with Crippen molar-refractivity contribution in [1.82, 2.24) is 9.80 Å². The van der Waals surface area contributed by atoms with Crippen LogP contribution in [0.5, 0.6) is 0 Å². The van der Waals surface area contributed by atoms with E-state index in [1.54, 1.807) is 4.90 Å². The highest BCUT2D eigenvalue weighted by molar-refractivity contribution is 5.47. The van der Waals surface area contributed by atoms with Crippen molar-refractivity contribution in [3.8, 4) is 12.8 Å². The molecule has 2 rings (SSSR count). The minimum Gasteiger partial charge on any atom is -0.343 e. The monoisotopic (exact) mass is 252 g/mol. The van der Waals surface area contributed by atoms with E-state index in [1.165, 1.54) is 32.1 Å². The molecule has 0 aromatic carbocycles. The van der Waals surface area contributed by atoms with E-state index in [0.717, 1.165) is 38.5 Å². The van der Waals surface area contributed by atoms with E-state index in [4.69, 9.17) is 0 Å². The maximum atomic E-state index is 10.2. The highest BCUT2D eigenvalue weighted by Gasteiger charge is 2.11. The summed E-state index contributed by atoms with van der Waals surface area (Å²) in [6, 6.07) is 0. The highest BCUT2D eigenvalue weighted by Crippen LogP contribution is 2.26. The Kier molecular flexibility index (Phi) is 10.5. The molecule has 0 radical (unpaired) electrons. The largest absolute Gasteiger partial charge is 0.343 e. The van der Waals surface area contributed by atoms with Gasteiger partial charge in [0, 0.05) is 26.2 Å². The summed E-state index contributed by atoms with van der Waals surface area (Å²) in [5.74, 6) is 1.10.